The van der Waals surface area contributed by atoms with E-state index in [0.29, 0.717) is 0 Å². The molecule has 0 N–H and O–H groups in total. The van der Waals surface area contributed by atoms with E-state index < -0.39 is 0 Å². The van der Waals surface area contributed by atoms with Crippen LogP contribution in [0.2, 0.25) is 0 Å². The van der Waals surface area contributed by atoms with Crippen LogP contribution >= 0.6 is 0 Å². The number of rotatable bonds is 5. The van der Waals surface area contributed by atoms with Gasteiger partial charge in [0.25, 0.3) is 0 Å². The zero-order valence-corrected chi connectivity index (χ0v) is 13.1. The lowest BCUT2D eigenvalue weighted by Gasteiger charge is -2.28. The minimum absolute atomic E-state index is 1.13. The van der Waals surface area contributed by atoms with Gasteiger partial charge in [-0.1, -0.05) is 42.8 Å². The first-order valence-electron chi connectivity index (χ1n) is 8.26. The summed E-state index contributed by atoms with van der Waals surface area (Å²) in [5, 5.41) is 2.69. The molecule has 112 valence electrons. The van der Waals surface area contributed by atoms with Crippen molar-refractivity contribution in [2.45, 2.75) is 25.7 Å². The molecular weight excluding hydrogens is 256 g/mol. The Hall–Kier alpha value is -1.54. The van der Waals surface area contributed by atoms with Gasteiger partial charge in [0.05, 0.1) is 0 Å². The predicted molar refractivity (Wildman–Crippen MR) is 92.1 cm³/mol. The van der Waals surface area contributed by atoms with Crippen LogP contribution in [-0.4, -0.2) is 38.1 Å². The fourth-order valence-corrected chi connectivity index (χ4v) is 3.38. The monoisotopic (exact) mass is 282 g/mol. The highest BCUT2D eigenvalue weighted by Crippen LogP contribution is 2.25. The Morgan fingerprint density at radius 2 is 1.71 bits per heavy atom. The number of anilines is 1. The molecule has 0 saturated carbocycles. The van der Waals surface area contributed by atoms with Crippen LogP contribution in [0.5, 0.6) is 0 Å². The highest BCUT2D eigenvalue weighted by Gasteiger charge is 2.10. The summed E-state index contributed by atoms with van der Waals surface area (Å²) in [6, 6.07) is 15.3. The molecule has 1 fully saturated rings. The van der Waals surface area contributed by atoms with Gasteiger partial charge in [0.1, 0.15) is 0 Å². The summed E-state index contributed by atoms with van der Waals surface area (Å²) in [5.41, 5.74) is 1.35. The Labute approximate surface area is 128 Å². The highest BCUT2D eigenvalue weighted by atomic mass is 15.1. The Morgan fingerprint density at radius 1 is 0.952 bits per heavy atom. The Balaban J connectivity index is 1.60. The maximum absolute atomic E-state index is 2.63. The molecule has 0 aromatic heterocycles. The van der Waals surface area contributed by atoms with Gasteiger partial charge >= 0.3 is 0 Å². The maximum Gasteiger partial charge on any atom is 0.0443 e. The van der Waals surface area contributed by atoms with E-state index in [-0.39, 0.29) is 0 Å². The molecule has 1 aliphatic rings. The Bertz CT molecular complexity index is 567. The molecule has 0 radical (unpaired) electrons. The van der Waals surface area contributed by atoms with Crippen LogP contribution in [0.3, 0.4) is 0 Å². The van der Waals surface area contributed by atoms with E-state index >= 15 is 0 Å². The SMILES string of the molecule is CN(CCCN1CCCCC1)c1cccc2ccccc12. The van der Waals surface area contributed by atoms with Crippen molar-refractivity contribution < 1.29 is 0 Å². The van der Waals surface area contributed by atoms with Crippen molar-refractivity contribution in [2.24, 2.45) is 0 Å². The Kier molecular flexibility index (Phi) is 4.76. The molecule has 3 rings (SSSR count). The standard InChI is InChI=1S/C19H26N2/c1-20(13-8-16-21-14-5-2-6-15-21)19-12-7-10-17-9-3-4-11-18(17)19/h3-4,7,9-12H,2,5-6,8,13-16H2,1H3. The molecule has 2 aromatic rings. The van der Waals surface area contributed by atoms with E-state index in [0.717, 1.165) is 6.54 Å². The van der Waals surface area contributed by atoms with Gasteiger partial charge in [0.2, 0.25) is 0 Å². The summed E-state index contributed by atoms with van der Waals surface area (Å²) in [6.07, 6.45) is 5.45. The van der Waals surface area contributed by atoms with Crippen LogP contribution in [0, 0.1) is 0 Å². The smallest absolute Gasteiger partial charge is 0.0443 e. The van der Waals surface area contributed by atoms with Gasteiger partial charge in [-0.15, -0.1) is 0 Å². The van der Waals surface area contributed by atoms with Crippen molar-refractivity contribution in [1.29, 1.82) is 0 Å². The fraction of sp³-hybridized carbons (Fsp3) is 0.474. The Morgan fingerprint density at radius 3 is 2.57 bits per heavy atom. The van der Waals surface area contributed by atoms with Crippen LogP contribution in [0.25, 0.3) is 10.8 Å². The first-order valence-corrected chi connectivity index (χ1v) is 8.26. The van der Waals surface area contributed by atoms with Gasteiger partial charge in [-0.3, -0.25) is 0 Å². The van der Waals surface area contributed by atoms with Crippen LogP contribution in [0.1, 0.15) is 25.7 Å². The number of likely N-dealkylation sites (tertiary alicyclic amines) is 1. The summed E-state index contributed by atoms with van der Waals surface area (Å²) < 4.78 is 0. The molecule has 2 heteroatoms. The van der Waals surface area contributed by atoms with Crippen molar-refractivity contribution in [3.63, 3.8) is 0 Å². The molecule has 0 aliphatic carbocycles. The summed E-state index contributed by atoms with van der Waals surface area (Å²) in [6.45, 7) is 4.98. The molecule has 0 unspecified atom stereocenters. The van der Waals surface area contributed by atoms with Crippen molar-refractivity contribution in [1.82, 2.24) is 4.90 Å². The van der Waals surface area contributed by atoms with Crippen molar-refractivity contribution in [3.8, 4) is 0 Å². The third-order valence-corrected chi connectivity index (χ3v) is 4.59. The minimum Gasteiger partial charge on any atom is -0.374 e. The van der Waals surface area contributed by atoms with Crippen LogP contribution in [0.15, 0.2) is 42.5 Å². The van der Waals surface area contributed by atoms with E-state index in [9.17, 15) is 0 Å². The quantitative estimate of drug-likeness (QED) is 0.813. The zero-order chi connectivity index (χ0) is 14.5. The molecule has 0 atom stereocenters. The molecule has 0 amide bonds. The minimum atomic E-state index is 1.13. The van der Waals surface area contributed by atoms with E-state index in [2.05, 4.69) is 59.3 Å². The van der Waals surface area contributed by atoms with E-state index in [1.165, 1.54) is 61.8 Å². The third kappa shape index (κ3) is 3.56. The van der Waals surface area contributed by atoms with E-state index in [1.807, 2.05) is 0 Å². The van der Waals surface area contributed by atoms with Crippen LogP contribution in [0.4, 0.5) is 5.69 Å². The number of benzene rings is 2. The molecule has 1 saturated heterocycles. The highest BCUT2D eigenvalue weighted by molar-refractivity contribution is 5.94. The topological polar surface area (TPSA) is 6.48 Å². The van der Waals surface area contributed by atoms with Gasteiger partial charge in [0, 0.05) is 24.7 Å². The first kappa shape index (κ1) is 14.4. The lowest BCUT2D eigenvalue weighted by atomic mass is 10.1. The number of hydrogen-bond acceptors (Lipinski definition) is 2. The second-order valence-corrected chi connectivity index (χ2v) is 6.18. The molecule has 1 heterocycles. The predicted octanol–water partition coefficient (Wildman–Crippen LogP) is 4.15. The summed E-state index contributed by atoms with van der Waals surface area (Å²) in [5.74, 6) is 0. The molecular formula is C19H26N2. The number of piperidine rings is 1. The van der Waals surface area contributed by atoms with Gasteiger partial charge in [-0.2, -0.15) is 0 Å². The molecule has 2 nitrogen and oxygen atoms in total. The summed E-state index contributed by atoms with van der Waals surface area (Å²) >= 11 is 0. The lowest BCUT2D eigenvalue weighted by molar-refractivity contribution is 0.227. The van der Waals surface area contributed by atoms with Crippen LogP contribution in [-0.2, 0) is 0 Å². The van der Waals surface area contributed by atoms with Crippen molar-refractivity contribution in [2.75, 3.05) is 38.1 Å². The van der Waals surface area contributed by atoms with Gasteiger partial charge in [-0.25, -0.2) is 0 Å². The van der Waals surface area contributed by atoms with Gasteiger partial charge in [0.15, 0.2) is 0 Å². The van der Waals surface area contributed by atoms with Gasteiger partial charge in [-0.05, 0) is 50.3 Å². The van der Waals surface area contributed by atoms with E-state index in [4.69, 9.17) is 0 Å². The van der Waals surface area contributed by atoms with E-state index in [1.54, 1.807) is 0 Å². The number of nitrogens with zero attached hydrogens (tertiary/aromatic N) is 2. The molecule has 0 spiro atoms. The molecule has 21 heavy (non-hydrogen) atoms. The largest absolute Gasteiger partial charge is 0.374 e. The first-order chi connectivity index (χ1) is 10.3. The second kappa shape index (κ2) is 6.95. The van der Waals surface area contributed by atoms with Gasteiger partial charge < -0.3 is 9.80 Å². The third-order valence-electron chi connectivity index (χ3n) is 4.59. The lowest BCUT2D eigenvalue weighted by Crippen LogP contribution is -2.32. The normalized spacial score (nSPS) is 16.2. The average Bonchev–Trinajstić information content (AvgIpc) is 2.55. The van der Waals surface area contributed by atoms with Crippen LogP contribution < -0.4 is 4.90 Å². The average molecular weight is 282 g/mol. The number of fused-ring (bicyclic) bond motifs is 1. The molecule has 0 bridgehead atoms. The molecule has 1 aliphatic heterocycles. The maximum atomic E-state index is 2.63. The zero-order valence-electron chi connectivity index (χ0n) is 13.1. The second-order valence-electron chi connectivity index (χ2n) is 6.18. The molecule has 2 aromatic carbocycles. The van der Waals surface area contributed by atoms with Crippen molar-refractivity contribution in [3.05, 3.63) is 42.5 Å². The number of hydrogen-bond donors (Lipinski definition) is 0. The summed E-state index contributed by atoms with van der Waals surface area (Å²) in [7, 11) is 2.22. The summed E-state index contributed by atoms with van der Waals surface area (Å²) in [4.78, 5) is 5.03. The van der Waals surface area contributed by atoms with Crippen molar-refractivity contribution >= 4 is 16.5 Å². The fourth-order valence-electron chi connectivity index (χ4n) is 3.38.